The molecule has 0 aliphatic carbocycles. The summed E-state index contributed by atoms with van der Waals surface area (Å²) >= 11 is 0. The zero-order chi connectivity index (χ0) is 13.7. The number of nitrogens with one attached hydrogen (secondary N) is 1. The Morgan fingerprint density at radius 2 is 1.74 bits per heavy atom. The van der Waals surface area contributed by atoms with Crippen LogP contribution in [0.15, 0.2) is 54.6 Å². The molecule has 0 aliphatic heterocycles. The lowest BCUT2D eigenvalue weighted by Crippen LogP contribution is -2.35. The van der Waals surface area contributed by atoms with E-state index in [2.05, 4.69) is 5.32 Å². The van der Waals surface area contributed by atoms with Gasteiger partial charge in [-0.15, -0.1) is 0 Å². The summed E-state index contributed by atoms with van der Waals surface area (Å²) in [6.45, 7) is 0.714. The molecule has 19 heavy (non-hydrogen) atoms. The molecule has 0 atom stereocenters. The van der Waals surface area contributed by atoms with Crippen LogP contribution in [0.5, 0.6) is 0 Å². The fourth-order valence-electron chi connectivity index (χ4n) is 1.65. The summed E-state index contributed by atoms with van der Waals surface area (Å²) in [5.41, 5.74) is 2.52. The van der Waals surface area contributed by atoms with Crippen LogP contribution in [0.1, 0.15) is 5.56 Å². The number of nitrogens with two attached hydrogens (primary N) is 1. The molecule has 1 amide bonds. The second-order valence-corrected chi connectivity index (χ2v) is 4.04. The Morgan fingerprint density at radius 1 is 1.11 bits per heavy atom. The van der Waals surface area contributed by atoms with E-state index < -0.39 is 6.09 Å². The third kappa shape index (κ3) is 3.46. The molecule has 5 heteroatoms. The van der Waals surface area contributed by atoms with Gasteiger partial charge in [-0.1, -0.05) is 30.3 Å². The molecule has 0 saturated heterocycles. The molecule has 5 nitrogen and oxygen atoms in total. The van der Waals surface area contributed by atoms with Crippen molar-refractivity contribution in [3.8, 4) is 0 Å². The van der Waals surface area contributed by atoms with Crippen LogP contribution in [-0.2, 0) is 6.54 Å². The Hall–Kier alpha value is -2.53. The van der Waals surface area contributed by atoms with E-state index in [0.29, 0.717) is 17.2 Å². The molecule has 0 saturated carbocycles. The van der Waals surface area contributed by atoms with Crippen molar-refractivity contribution in [3.05, 3.63) is 60.2 Å². The molecule has 0 fully saturated rings. The van der Waals surface area contributed by atoms with Crippen molar-refractivity contribution in [1.82, 2.24) is 0 Å². The maximum absolute atomic E-state index is 10.7. The van der Waals surface area contributed by atoms with Crippen LogP contribution in [0.25, 0.3) is 0 Å². The van der Waals surface area contributed by atoms with Crippen LogP contribution in [0.2, 0.25) is 0 Å². The van der Waals surface area contributed by atoms with Crippen LogP contribution < -0.4 is 16.2 Å². The Kier molecular flexibility index (Phi) is 4.00. The Bertz CT molecular complexity index is 540. The molecule has 2 aromatic rings. The van der Waals surface area contributed by atoms with Gasteiger partial charge in [0.2, 0.25) is 0 Å². The smallest absolute Gasteiger partial charge is 0.426 e. The minimum atomic E-state index is -1.19. The summed E-state index contributed by atoms with van der Waals surface area (Å²) in [4.78, 5) is 10.7. The molecular formula is C14H15N3O2. The predicted molar refractivity (Wildman–Crippen MR) is 74.9 cm³/mol. The van der Waals surface area contributed by atoms with Gasteiger partial charge in [0.1, 0.15) is 0 Å². The van der Waals surface area contributed by atoms with Crippen molar-refractivity contribution in [3.63, 3.8) is 0 Å². The number of benzene rings is 2. The van der Waals surface area contributed by atoms with E-state index in [1.165, 1.54) is 5.56 Å². The summed E-state index contributed by atoms with van der Waals surface area (Å²) < 4.78 is 0. The molecular weight excluding hydrogens is 242 g/mol. The first kappa shape index (κ1) is 12.9. The average molecular weight is 257 g/mol. The van der Waals surface area contributed by atoms with Gasteiger partial charge < -0.3 is 10.4 Å². The van der Waals surface area contributed by atoms with Crippen molar-refractivity contribution in [2.75, 3.05) is 10.3 Å². The van der Waals surface area contributed by atoms with E-state index in [1.807, 2.05) is 30.3 Å². The number of carbonyl (C=O) groups is 1. The highest BCUT2D eigenvalue weighted by molar-refractivity contribution is 5.84. The van der Waals surface area contributed by atoms with Gasteiger partial charge in [-0.05, 0) is 29.8 Å². The lowest BCUT2D eigenvalue weighted by molar-refractivity contribution is 0.202. The first-order chi connectivity index (χ1) is 9.16. The molecule has 4 N–H and O–H groups in total. The lowest BCUT2D eigenvalue weighted by atomic mass is 10.2. The number of rotatable bonds is 4. The standard InChI is InChI=1S/C14H15N3O2/c15-17(14(18)19)13-8-6-12(7-9-13)16-10-11-4-2-1-3-5-11/h1-9,16H,10,15H2,(H,18,19). The molecule has 2 rings (SSSR count). The highest BCUT2D eigenvalue weighted by atomic mass is 16.4. The predicted octanol–water partition coefficient (Wildman–Crippen LogP) is 2.66. The van der Waals surface area contributed by atoms with Crippen molar-refractivity contribution >= 4 is 17.5 Å². The van der Waals surface area contributed by atoms with Crippen molar-refractivity contribution in [1.29, 1.82) is 0 Å². The van der Waals surface area contributed by atoms with E-state index in [4.69, 9.17) is 10.9 Å². The summed E-state index contributed by atoms with van der Waals surface area (Å²) in [5.74, 6) is 5.37. The van der Waals surface area contributed by atoms with Crippen LogP contribution in [0.4, 0.5) is 16.2 Å². The van der Waals surface area contributed by atoms with Gasteiger partial charge in [-0.25, -0.2) is 15.6 Å². The van der Waals surface area contributed by atoms with E-state index in [-0.39, 0.29) is 0 Å². The van der Waals surface area contributed by atoms with E-state index in [9.17, 15) is 4.79 Å². The summed E-state index contributed by atoms with van der Waals surface area (Å²) in [7, 11) is 0. The van der Waals surface area contributed by atoms with Crippen molar-refractivity contribution in [2.45, 2.75) is 6.54 Å². The number of anilines is 2. The van der Waals surface area contributed by atoms with Crippen LogP contribution in [0, 0.1) is 0 Å². The fraction of sp³-hybridized carbons (Fsp3) is 0.0714. The van der Waals surface area contributed by atoms with Gasteiger partial charge in [0, 0.05) is 12.2 Å². The summed E-state index contributed by atoms with van der Waals surface area (Å²) in [6.07, 6.45) is -1.19. The van der Waals surface area contributed by atoms with Crippen LogP contribution in [0.3, 0.4) is 0 Å². The monoisotopic (exact) mass is 257 g/mol. The molecule has 0 aliphatic rings. The maximum atomic E-state index is 10.7. The number of carboxylic acid groups (broad SMARTS) is 1. The molecule has 2 aromatic carbocycles. The lowest BCUT2D eigenvalue weighted by Gasteiger charge is -2.13. The fourth-order valence-corrected chi connectivity index (χ4v) is 1.65. The Balaban J connectivity index is 1.97. The number of nitrogens with zero attached hydrogens (tertiary/aromatic N) is 1. The minimum Gasteiger partial charge on any atom is -0.464 e. The van der Waals surface area contributed by atoms with Crippen LogP contribution in [-0.4, -0.2) is 11.2 Å². The minimum absolute atomic E-state index is 0.428. The maximum Gasteiger partial charge on any atom is 0.426 e. The number of hydrogen-bond donors (Lipinski definition) is 3. The molecule has 0 spiro atoms. The Labute approximate surface area is 111 Å². The Morgan fingerprint density at radius 3 is 2.32 bits per heavy atom. The highest BCUT2D eigenvalue weighted by Crippen LogP contribution is 2.16. The summed E-state index contributed by atoms with van der Waals surface area (Å²) in [6, 6.07) is 16.9. The SMILES string of the molecule is NN(C(=O)O)c1ccc(NCc2ccccc2)cc1. The zero-order valence-corrected chi connectivity index (χ0v) is 10.3. The number of hydrazine groups is 1. The zero-order valence-electron chi connectivity index (χ0n) is 10.3. The van der Waals surface area contributed by atoms with E-state index >= 15 is 0 Å². The highest BCUT2D eigenvalue weighted by Gasteiger charge is 2.08. The average Bonchev–Trinajstić information content (AvgIpc) is 2.46. The molecule has 0 heterocycles. The second kappa shape index (κ2) is 5.88. The van der Waals surface area contributed by atoms with Gasteiger partial charge >= 0.3 is 6.09 Å². The van der Waals surface area contributed by atoms with Gasteiger partial charge in [-0.2, -0.15) is 0 Å². The summed E-state index contributed by atoms with van der Waals surface area (Å²) in [5, 5.41) is 12.7. The van der Waals surface area contributed by atoms with Gasteiger partial charge in [0.25, 0.3) is 0 Å². The van der Waals surface area contributed by atoms with Crippen molar-refractivity contribution < 1.29 is 9.90 Å². The largest absolute Gasteiger partial charge is 0.464 e. The quantitative estimate of drug-likeness (QED) is 0.447. The molecule has 0 aromatic heterocycles. The second-order valence-electron chi connectivity index (χ2n) is 4.04. The van der Waals surface area contributed by atoms with Gasteiger partial charge in [0.15, 0.2) is 0 Å². The number of hydrogen-bond acceptors (Lipinski definition) is 3. The normalized spacial score (nSPS) is 9.95. The van der Waals surface area contributed by atoms with Gasteiger partial charge in [0.05, 0.1) is 5.69 Å². The molecule has 0 unspecified atom stereocenters. The van der Waals surface area contributed by atoms with E-state index in [0.717, 1.165) is 5.69 Å². The first-order valence-electron chi connectivity index (χ1n) is 5.82. The third-order valence-electron chi connectivity index (χ3n) is 2.69. The first-order valence-corrected chi connectivity index (χ1v) is 5.82. The molecule has 0 radical (unpaired) electrons. The van der Waals surface area contributed by atoms with Crippen LogP contribution >= 0.6 is 0 Å². The third-order valence-corrected chi connectivity index (χ3v) is 2.69. The molecule has 98 valence electrons. The number of amides is 1. The van der Waals surface area contributed by atoms with E-state index in [1.54, 1.807) is 24.3 Å². The molecule has 0 bridgehead atoms. The van der Waals surface area contributed by atoms with Crippen molar-refractivity contribution in [2.24, 2.45) is 5.84 Å². The van der Waals surface area contributed by atoms with Gasteiger partial charge in [-0.3, -0.25) is 0 Å². The topological polar surface area (TPSA) is 78.6 Å².